The summed E-state index contributed by atoms with van der Waals surface area (Å²) in [5, 5.41) is 7.62. The number of rotatable bonds is 7. The SMILES string of the molecule is c1ccc(-c2ccc(N(c3ccccc3)c3ccc(-c4ccc5c(c4)c4ccccc4n5-c4ccc(-c5cccc6c5sc5ccccc56)c5ccccc45)cc3)cc2)cc1. The minimum Gasteiger partial charge on any atom is -0.311 e. The first-order valence-electron chi connectivity index (χ1n) is 20.8. The smallest absolute Gasteiger partial charge is 0.0541 e. The number of thiophene rings is 1. The van der Waals surface area contributed by atoms with Crippen LogP contribution in [0.5, 0.6) is 0 Å². The van der Waals surface area contributed by atoms with Crippen molar-refractivity contribution in [2.24, 2.45) is 0 Å². The van der Waals surface area contributed by atoms with Crippen LogP contribution in [0.15, 0.2) is 231 Å². The molecule has 0 N–H and O–H groups in total. The lowest BCUT2D eigenvalue weighted by molar-refractivity contribution is 1.20. The predicted octanol–water partition coefficient (Wildman–Crippen LogP) is 16.8. The zero-order chi connectivity index (χ0) is 40.3. The molecule has 2 nitrogen and oxygen atoms in total. The molecule has 61 heavy (non-hydrogen) atoms. The Morgan fingerprint density at radius 1 is 0.311 bits per heavy atom. The first kappa shape index (κ1) is 35.2. The lowest BCUT2D eigenvalue weighted by atomic mass is 9.95. The van der Waals surface area contributed by atoms with Gasteiger partial charge in [-0.05, 0) is 99.9 Å². The average Bonchev–Trinajstić information content (AvgIpc) is 3.88. The maximum atomic E-state index is 2.46. The van der Waals surface area contributed by atoms with E-state index < -0.39 is 0 Å². The fraction of sp³-hybridized carbons (Fsp3) is 0. The Labute approximate surface area is 358 Å². The molecule has 10 aromatic carbocycles. The Hall–Kier alpha value is -7.72. The van der Waals surface area contributed by atoms with Gasteiger partial charge in [-0.15, -0.1) is 11.3 Å². The second-order valence-electron chi connectivity index (χ2n) is 15.7. The van der Waals surface area contributed by atoms with Crippen molar-refractivity contribution in [2.45, 2.75) is 0 Å². The molecule has 0 fully saturated rings. The van der Waals surface area contributed by atoms with Gasteiger partial charge in [0.2, 0.25) is 0 Å². The molecule has 0 saturated carbocycles. The van der Waals surface area contributed by atoms with Crippen molar-refractivity contribution in [2.75, 3.05) is 4.90 Å². The fourth-order valence-corrected chi connectivity index (χ4v) is 10.6. The van der Waals surface area contributed by atoms with Crippen molar-refractivity contribution in [3.05, 3.63) is 231 Å². The van der Waals surface area contributed by atoms with Crippen LogP contribution in [-0.2, 0) is 0 Å². The molecule has 0 spiro atoms. The van der Waals surface area contributed by atoms with E-state index in [9.17, 15) is 0 Å². The van der Waals surface area contributed by atoms with Gasteiger partial charge in [-0.1, -0.05) is 164 Å². The second kappa shape index (κ2) is 14.5. The molecule has 0 radical (unpaired) electrons. The molecular formula is C58H38N2S. The van der Waals surface area contributed by atoms with Gasteiger partial charge in [0.05, 0.1) is 16.7 Å². The van der Waals surface area contributed by atoms with Crippen molar-refractivity contribution >= 4 is 81.1 Å². The van der Waals surface area contributed by atoms with Crippen LogP contribution >= 0.6 is 11.3 Å². The molecule has 2 aromatic heterocycles. The van der Waals surface area contributed by atoms with Gasteiger partial charge in [-0.3, -0.25) is 0 Å². The van der Waals surface area contributed by atoms with Crippen LogP contribution in [-0.4, -0.2) is 4.57 Å². The topological polar surface area (TPSA) is 8.17 Å². The quantitative estimate of drug-likeness (QED) is 0.156. The van der Waals surface area contributed by atoms with Crippen molar-refractivity contribution in [1.82, 2.24) is 4.57 Å². The number of para-hydroxylation sites is 2. The Morgan fingerprint density at radius 3 is 1.61 bits per heavy atom. The van der Waals surface area contributed by atoms with E-state index in [2.05, 4.69) is 240 Å². The van der Waals surface area contributed by atoms with Crippen LogP contribution in [0.25, 0.3) is 91.8 Å². The normalized spacial score (nSPS) is 11.6. The van der Waals surface area contributed by atoms with Crippen molar-refractivity contribution in [3.63, 3.8) is 0 Å². The molecule has 0 aliphatic rings. The van der Waals surface area contributed by atoms with Crippen LogP contribution in [0, 0.1) is 0 Å². The molecule has 0 unspecified atom stereocenters. The van der Waals surface area contributed by atoms with Crippen LogP contribution in [0.2, 0.25) is 0 Å². The van der Waals surface area contributed by atoms with Crippen molar-refractivity contribution in [1.29, 1.82) is 0 Å². The molecule has 2 heterocycles. The van der Waals surface area contributed by atoms with Crippen molar-refractivity contribution < 1.29 is 0 Å². The van der Waals surface area contributed by atoms with Gasteiger partial charge in [0.15, 0.2) is 0 Å². The van der Waals surface area contributed by atoms with E-state index >= 15 is 0 Å². The minimum atomic E-state index is 1.11. The van der Waals surface area contributed by atoms with E-state index in [1.165, 1.54) is 91.8 Å². The highest BCUT2D eigenvalue weighted by Gasteiger charge is 2.19. The van der Waals surface area contributed by atoms with E-state index in [1.807, 2.05) is 11.3 Å². The van der Waals surface area contributed by atoms with Gasteiger partial charge in [-0.2, -0.15) is 0 Å². The number of hydrogen-bond acceptors (Lipinski definition) is 2. The van der Waals surface area contributed by atoms with Crippen LogP contribution < -0.4 is 4.90 Å². The third-order valence-corrected chi connectivity index (χ3v) is 13.4. The van der Waals surface area contributed by atoms with Gasteiger partial charge in [0.1, 0.15) is 0 Å². The highest BCUT2D eigenvalue weighted by Crippen LogP contribution is 2.44. The summed E-state index contributed by atoms with van der Waals surface area (Å²) in [5.74, 6) is 0. The summed E-state index contributed by atoms with van der Waals surface area (Å²) in [7, 11) is 0. The van der Waals surface area contributed by atoms with E-state index in [-0.39, 0.29) is 0 Å². The number of hydrogen-bond donors (Lipinski definition) is 0. The summed E-state index contributed by atoms with van der Waals surface area (Å²) < 4.78 is 5.12. The summed E-state index contributed by atoms with van der Waals surface area (Å²) in [6, 6.07) is 83.9. The van der Waals surface area contributed by atoms with Gasteiger partial charge < -0.3 is 9.47 Å². The summed E-state index contributed by atoms with van der Waals surface area (Å²) in [4.78, 5) is 2.33. The number of fused-ring (bicyclic) bond motifs is 7. The first-order chi connectivity index (χ1) is 30.3. The average molecular weight is 795 g/mol. The predicted molar refractivity (Wildman–Crippen MR) is 262 cm³/mol. The molecule has 0 atom stereocenters. The molecular weight excluding hydrogens is 757 g/mol. The van der Waals surface area contributed by atoms with Gasteiger partial charge >= 0.3 is 0 Å². The molecule has 0 aliphatic heterocycles. The zero-order valence-electron chi connectivity index (χ0n) is 33.2. The van der Waals surface area contributed by atoms with E-state index in [4.69, 9.17) is 0 Å². The third-order valence-electron chi connectivity index (χ3n) is 12.2. The molecule has 286 valence electrons. The van der Waals surface area contributed by atoms with E-state index in [1.54, 1.807) is 0 Å². The number of benzene rings is 10. The standard InChI is InChI=1S/C58H38N2S/c1-3-14-39(15-4-1)40-26-31-44(32-27-40)59(43-16-5-2-6-17-43)45-33-28-41(29-34-45)42-30-36-56-53(38-42)49-20-9-11-24-54(49)60(56)55-37-35-47(46-18-7-8-19-48(46)55)51-22-13-23-52-50-21-10-12-25-57(50)61-58(51)52/h1-38H. The molecule has 0 bridgehead atoms. The Morgan fingerprint density at radius 2 is 0.852 bits per heavy atom. The Balaban J connectivity index is 0.943. The highest BCUT2D eigenvalue weighted by molar-refractivity contribution is 7.26. The zero-order valence-corrected chi connectivity index (χ0v) is 34.1. The number of anilines is 3. The second-order valence-corrected chi connectivity index (χ2v) is 16.7. The third kappa shape index (κ3) is 5.93. The number of aromatic nitrogens is 1. The monoisotopic (exact) mass is 794 g/mol. The molecule has 0 saturated heterocycles. The minimum absolute atomic E-state index is 1.11. The summed E-state index contributed by atoms with van der Waals surface area (Å²) in [6.45, 7) is 0. The summed E-state index contributed by atoms with van der Waals surface area (Å²) in [5.41, 5.74) is 14.3. The highest BCUT2D eigenvalue weighted by atomic mass is 32.1. The maximum absolute atomic E-state index is 2.46. The fourth-order valence-electron chi connectivity index (χ4n) is 9.35. The Bertz CT molecular complexity index is 3560. The van der Waals surface area contributed by atoms with Crippen LogP contribution in [0.3, 0.4) is 0 Å². The van der Waals surface area contributed by atoms with Crippen LogP contribution in [0.4, 0.5) is 17.1 Å². The van der Waals surface area contributed by atoms with Gasteiger partial charge in [0, 0.05) is 59.0 Å². The van der Waals surface area contributed by atoms with Gasteiger partial charge in [0.25, 0.3) is 0 Å². The molecule has 3 heteroatoms. The molecule has 12 rings (SSSR count). The molecule has 0 amide bonds. The summed E-state index contributed by atoms with van der Waals surface area (Å²) >= 11 is 1.89. The maximum Gasteiger partial charge on any atom is 0.0541 e. The number of nitrogens with zero attached hydrogens (tertiary/aromatic N) is 2. The first-order valence-corrected chi connectivity index (χ1v) is 21.7. The van der Waals surface area contributed by atoms with E-state index in [0.717, 1.165) is 17.1 Å². The lowest BCUT2D eigenvalue weighted by Crippen LogP contribution is -2.09. The summed E-state index contributed by atoms with van der Waals surface area (Å²) in [6.07, 6.45) is 0. The molecule has 0 aliphatic carbocycles. The molecule has 12 aromatic rings. The lowest BCUT2D eigenvalue weighted by Gasteiger charge is -2.26. The Kier molecular flexibility index (Phi) is 8.39. The van der Waals surface area contributed by atoms with E-state index in [0.29, 0.717) is 0 Å². The van der Waals surface area contributed by atoms with Crippen LogP contribution in [0.1, 0.15) is 0 Å². The largest absolute Gasteiger partial charge is 0.311 e. The van der Waals surface area contributed by atoms with Crippen molar-refractivity contribution in [3.8, 4) is 39.1 Å². The van der Waals surface area contributed by atoms with Gasteiger partial charge in [-0.25, -0.2) is 0 Å².